The van der Waals surface area contributed by atoms with Gasteiger partial charge in [0.05, 0.1) is 6.61 Å². The van der Waals surface area contributed by atoms with E-state index in [2.05, 4.69) is 0 Å². The topological polar surface area (TPSA) is 46.5 Å². The van der Waals surface area contributed by atoms with Gasteiger partial charge in [-0.1, -0.05) is 84.9 Å². The summed E-state index contributed by atoms with van der Waals surface area (Å²) in [6.45, 7) is 2.00. The normalized spacial score (nSPS) is 15.9. The van der Waals surface area contributed by atoms with Crippen LogP contribution in [0.2, 0.25) is 0 Å². The van der Waals surface area contributed by atoms with E-state index in [0.717, 1.165) is 5.56 Å². The van der Waals surface area contributed by atoms with Crippen LogP contribution in [0, 0.1) is 0 Å². The molecule has 1 N–H and O–H groups in total. The summed E-state index contributed by atoms with van der Waals surface area (Å²) in [5, 5.41) is 10.5. The number of hydrogen-bond acceptors (Lipinski definition) is 3. The third-order valence-corrected chi connectivity index (χ3v) is 7.27. The van der Waals surface area contributed by atoms with Crippen molar-refractivity contribution in [1.82, 2.24) is 0 Å². The van der Waals surface area contributed by atoms with Crippen molar-refractivity contribution in [3.63, 3.8) is 0 Å². The lowest BCUT2D eigenvalue weighted by molar-refractivity contribution is 0.150. The van der Waals surface area contributed by atoms with E-state index in [-0.39, 0.29) is 6.61 Å². The minimum absolute atomic E-state index is 0.223. The van der Waals surface area contributed by atoms with E-state index in [1.807, 2.05) is 54.6 Å². The van der Waals surface area contributed by atoms with E-state index in [4.69, 9.17) is 4.52 Å². The summed E-state index contributed by atoms with van der Waals surface area (Å²) in [6, 6.07) is 27.6. The van der Waals surface area contributed by atoms with Gasteiger partial charge in [0.15, 0.2) is 5.34 Å². The van der Waals surface area contributed by atoms with Gasteiger partial charge in [-0.2, -0.15) is 0 Å². The van der Waals surface area contributed by atoms with Crippen LogP contribution in [0.15, 0.2) is 97.1 Å². The Morgan fingerprint density at radius 3 is 1.96 bits per heavy atom. The standard InChI is InChI=1S/C23H23O3P/c1-2-26-27(25,22-16-10-5-11-17-22)23(24,21-14-8-4-9-15-21)19-18-20-12-6-3-7-13-20/h3-19,24H,2H2,1H3. The molecule has 0 amide bonds. The number of aliphatic hydroxyl groups is 1. The smallest absolute Gasteiger partial charge is 0.271 e. The second kappa shape index (κ2) is 8.49. The van der Waals surface area contributed by atoms with Gasteiger partial charge in [-0.3, -0.25) is 4.57 Å². The Bertz CT molecular complexity index is 924. The van der Waals surface area contributed by atoms with Gasteiger partial charge >= 0.3 is 0 Å². The second-order valence-corrected chi connectivity index (χ2v) is 8.70. The zero-order valence-electron chi connectivity index (χ0n) is 15.2. The summed E-state index contributed by atoms with van der Waals surface area (Å²) in [5.74, 6) is 0. The van der Waals surface area contributed by atoms with Crippen LogP contribution >= 0.6 is 7.37 Å². The first-order valence-electron chi connectivity index (χ1n) is 8.92. The van der Waals surface area contributed by atoms with E-state index in [1.54, 1.807) is 55.5 Å². The van der Waals surface area contributed by atoms with Crippen LogP contribution in [0.1, 0.15) is 18.1 Å². The Kier molecular flexibility index (Phi) is 6.08. The quantitative estimate of drug-likeness (QED) is 0.576. The van der Waals surface area contributed by atoms with E-state index >= 15 is 0 Å². The van der Waals surface area contributed by atoms with Crippen molar-refractivity contribution < 1.29 is 14.2 Å². The Morgan fingerprint density at radius 1 is 0.889 bits per heavy atom. The highest BCUT2D eigenvalue weighted by molar-refractivity contribution is 7.68. The van der Waals surface area contributed by atoms with Crippen LogP contribution in [0.25, 0.3) is 6.08 Å². The van der Waals surface area contributed by atoms with Crippen molar-refractivity contribution >= 4 is 18.7 Å². The fourth-order valence-corrected chi connectivity index (χ4v) is 5.43. The summed E-state index contributed by atoms with van der Waals surface area (Å²) in [6.07, 6.45) is 3.36. The highest BCUT2D eigenvalue weighted by Crippen LogP contribution is 2.62. The minimum atomic E-state index is -3.68. The molecule has 0 aliphatic heterocycles. The Hall–Kier alpha value is -2.45. The number of hydrogen-bond donors (Lipinski definition) is 1. The largest absolute Gasteiger partial charge is 0.372 e. The Balaban J connectivity index is 2.19. The summed E-state index contributed by atoms with van der Waals surface area (Å²) < 4.78 is 19.9. The lowest BCUT2D eigenvalue weighted by atomic mass is 10.1. The molecule has 0 aromatic heterocycles. The van der Waals surface area contributed by atoms with Crippen molar-refractivity contribution in [2.24, 2.45) is 0 Å². The van der Waals surface area contributed by atoms with Gasteiger partial charge in [0.25, 0.3) is 7.37 Å². The van der Waals surface area contributed by atoms with Crippen molar-refractivity contribution in [3.8, 4) is 0 Å². The highest BCUT2D eigenvalue weighted by atomic mass is 31.2. The summed E-state index contributed by atoms with van der Waals surface area (Å²) >= 11 is 0. The second-order valence-electron chi connectivity index (χ2n) is 6.14. The Labute approximate surface area is 160 Å². The molecule has 27 heavy (non-hydrogen) atoms. The van der Waals surface area contributed by atoms with Gasteiger partial charge in [0, 0.05) is 5.30 Å². The summed E-state index contributed by atoms with van der Waals surface area (Å²) in [7, 11) is -3.68. The lowest BCUT2D eigenvalue weighted by Gasteiger charge is -2.34. The van der Waals surface area contributed by atoms with E-state index in [0.29, 0.717) is 10.9 Å². The van der Waals surface area contributed by atoms with Crippen LogP contribution < -0.4 is 5.30 Å². The molecule has 0 saturated carbocycles. The average molecular weight is 378 g/mol. The molecule has 0 spiro atoms. The molecule has 3 rings (SSSR count). The Morgan fingerprint density at radius 2 is 1.41 bits per heavy atom. The molecular weight excluding hydrogens is 355 g/mol. The third kappa shape index (κ3) is 3.96. The van der Waals surface area contributed by atoms with E-state index < -0.39 is 12.7 Å². The molecule has 0 radical (unpaired) electrons. The van der Waals surface area contributed by atoms with Gasteiger partial charge < -0.3 is 9.63 Å². The van der Waals surface area contributed by atoms with Gasteiger partial charge in [0.1, 0.15) is 0 Å². The number of rotatable bonds is 7. The fourth-order valence-electron chi connectivity index (χ4n) is 3.00. The first kappa shape index (κ1) is 19.3. The van der Waals surface area contributed by atoms with Gasteiger partial charge in [-0.25, -0.2) is 0 Å². The maximum atomic E-state index is 14.1. The van der Waals surface area contributed by atoms with Crippen LogP contribution in [-0.2, 0) is 14.4 Å². The zero-order valence-corrected chi connectivity index (χ0v) is 16.1. The minimum Gasteiger partial charge on any atom is -0.372 e. The molecule has 0 bridgehead atoms. The van der Waals surface area contributed by atoms with Gasteiger partial charge in [-0.15, -0.1) is 0 Å². The molecular formula is C23H23O3P. The zero-order chi connectivity index (χ0) is 19.2. The number of benzene rings is 3. The van der Waals surface area contributed by atoms with Crippen molar-refractivity contribution in [2.45, 2.75) is 12.3 Å². The first-order chi connectivity index (χ1) is 13.1. The van der Waals surface area contributed by atoms with Gasteiger partial charge in [0.2, 0.25) is 0 Å². The van der Waals surface area contributed by atoms with Crippen molar-refractivity contribution in [2.75, 3.05) is 6.61 Å². The predicted octanol–water partition coefficient (Wildman–Crippen LogP) is 5.19. The maximum Gasteiger partial charge on any atom is 0.271 e. The predicted molar refractivity (Wildman–Crippen MR) is 111 cm³/mol. The summed E-state index contributed by atoms with van der Waals surface area (Å²) in [4.78, 5) is 0. The molecule has 0 fully saturated rings. The van der Waals surface area contributed by atoms with Crippen LogP contribution in [0.5, 0.6) is 0 Å². The molecule has 0 aliphatic carbocycles. The monoisotopic (exact) mass is 378 g/mol. The van der Waals surface area contributed by atoms with Crippen molar-refractivity contribution in [3.05, 3.63) is 108 Å². The molecule has 3 aromatic rings. The third-order valence-electron chi connectivity index (χ3n) is 4.36. The van der Waals surface area contributed by atoms with Gasteiger partial charge in [-0.05, 0) is 36.3 Å². The molecule has 2 unspecified atom stereocenters. The van der Waals surface area contributed by atoms with Crippen LogP contribution in [0.4, 0.5) is 0 Å². The van der Waals surface area contributed by atoms with Crippen LogP contribution in [0.3, 0.4) is 0 Å². The molecule has 138 valence electrons. The highest BCUT2D eigenvalue weighted by Gasteiger charge is 2.48. The molecule has 4 heteroatoms. The van der Waals surface area contributed by atoms with Crippen molar-refractivity contribution in [1.29, 1.82) is 0 Å². The average Bonchev–Trinajstić information content (AvgIpc) is 2.74. The molecule has 0 saturated heterocycles. The molecule has 0 heterocycles. The maximum absolute atomic E-state index is 14.1. The molecule has 3 aromatic carbocycles. The van der Waals surface area contributed by atoms with E-state index in [1.165, 1.54) is 0 Å². The molecule has 2 atom stereocenters. The lowest BCUT2D eigenvalue weighted by Crippen LogP contribution is -2.30. The first-order valence-corrected chi connectivity index (χ1v) is 10.5. The summed E-state index contributed by atoms with van der Waals surface area (Å²) in [5.41, 5.74) is 1.43. The van der Waals surface area contributed by atoms with E-state index in [9.17, 15) is 9.67 Å². The molecule has 3 nitrogen and oxygen atoms in total. The fraction of sp³-hybridized carbons (Fsp3) is 0.130. The van der Waals surface area contributed by atoms with Crippen LogP contribution in [-0.4, -0.2) is 11.7 Å². The SMILES string of the molecule is CCOP(=O)(c1ccccc1)C(O)(C=Cc1ccccc1)c1ccccc1. The molecule has 0 aliphatic rings.